The third-order valence-electron chi connectivity index (χ3n) is 4.16. The van der Waals surface area contributed by atoms with Crippen LogP contribution >= 0.6 is 11.3 Å². The highest BCUT2D eigenvalue weighted by Crippen LogP contribution is 2.25. The highest BCUT2D eigenvalue weighted by Gasteiger charge is 2.26. The van der Waals surface area contributed by atoms with Crippen molar-refractivity contribution in [1.82, 2.24) is 9.88 Å². The summed E-state index contributed by atoms with van der Waals surface area (Å²) in [6.45, 7) is 3.11. The van der Waals surface area contributed by atoms with Crippen LogP contribution in [-0.4, -0.2) is 34.8 Å². The molecule has 23 heavy (non-hydrogen) atoms. The number of hydrogen-bond acceptors (Lipinski definition) is 4. The minimum atomic E-state index is -0.266. The Balaban J connectivity index is 1.74. The molecule has 1 aromatic carbocycles. The molecule has 2 heterocycles. The number of aryl methyl sites for hydroxylation is 1. The number of carbonyl (C=O) groups excluding carboxylic acids is 2. The number of thiazole rings is 1. The SMILES string of the molecule is Cc1csc(-c2cccc(C(=O)N3CCC(C(N)=O)CC3)c2)n1. The maximum absolute atomic E-state index is 12.7. The van der Waals surface area contributed by atoms with E-state index in [-0.39, 0.29) is 17.7 Å². The number of hydrogen-bond donors (Lipinski definition) is 1. The predicted molar refractivity (Wildman–Crippen MR) is 90.1 cm³/mol. The maximum atomic E-state index is 12.7. The third kappa shape index (κ3) is 3.42. The number of likely N-dealkylation sites (tertiary alicyclic amines) is 1. The van der Waals surface area contributed by atoms with Gasteiger partial charge in [-0.25, -0.2) is 4.98 Å². The molecule has 3 rings (SSSR count). The number of primary amides is 1. The number of rotatable bonds is 3. The van der Waals surface area contributed by atoms with Crippen molar-refractivity contribution in [2.75, 3.05) is 13.1 Å². The van der Waals surface area contributed by atoms with Gasteiger partial charge < -0.3 is 10.6 Å². The Morgan fingerprint density at radius 3 is 2.65 bits per heavy atom. The van der Waals surface area contributed by atoms with Gasteiger partial charge in [-0.05, 0) is 31.9 Å². The zero-order valence-corrected chi connectivity index (χ0v) is 13.8. The molecule has 5 nitrogen and oxygen atoms in total. The summed E-state index contributed by atoms with van der Waals surface area (Å²) < 4.78 is 0. The first-order valence-corrected chi connectivity index (χ1v) is 8.53. The molecule has 2 aromatic rings. The smallest absolute Gasteiger partial charge is 0.253 e. The second-order valence-electron chi connectivity index (χ2n) is 5.84. The summed E-state index contributed by atoms with van der Waals surface area (Å²) in [4.78, 5) is 30.1. The Hall–Kier alpha value is -2.21. The fourth-order valence-corrected chi connectivity index (χ4v) is 3.62. The van der Waals surface area contributed by atoms with E-state index in [2.05, 4.69) is 4.98 Å². The van der Waals surface area contributed by atoms with Crippen LogP contribution in [0.25, 0.3) is 10.6 Å². The Morgan fingerprint density at radius 2 is 2.04 bits per heavy atom. The van der Waals surface area contributed by atoms with Crippen LogP contribution in [0, 0.1) is 12.8 Å². The van der Waals surface area contributed by atoms with Gasteiger partial charge in [0.25, 0.3) is 5.91 Å². The zero-order valence-electron chi connectivity index (χ0n) is 13.0. The molecule has 0 unspecified atom stereocenters. The summed E-state index contributed by atoms with van der Waals surface area (Å²) in [5.41, 5.74) is 7.94. The second kappa shape index (κ2) is 6.50. The highest BCUT2D eigenvalue weighted by atomic mass is 32.1. The van der Waals surface area contributed by atoms with Crippen LogP contribution in [0.15, 0.2) is 29.6 Å². The molecular formula is C17H19N3O2S. The second-order valence-corrected chi connectivity index (χ2v) is 6.70. The quantitative estimate of drug-likeness (QED) is 0.940. The third-order valence-corrected chi connectivity index (χ3v) is 5.17. The van der Waals surface area contributed by atoms with E-state index in [0.29, 0.717) is 31.5 Å². The van der Waals surface area contributed by atoms with Crippen molar-refractivity contribution >= 4 is 23.2 Å². The van der Waals surface area contributed by atoms with Crippen LogP contribution in [-0.2, 0) is 4.79 Å². The summed E-state index contributed by atoms with van der Waals surface area (Å²) in [5, 5.41) is 2.92. The van der Waals surface area contributed by atoms with E-state index < -0.39 is 0 Å². The average Bonchev–Trinajstić information content (AvgIpc) is 3.01. The summed E-state index contributed by atoms with van der Waals surface area (Å²) in [5.74, 6) is -0.370. The summed E-state index contributed by atoms with van der Waals surface area (Å²) in [7, 11) is 0. The van der Waals surface area contributed by atoms with E-state index in [1.807, 2.05) is 36.6 Å². The lowest BCUT2D eigenvalue weighted by atomic mass is 9.95. The van der Waals surface area contributed by atoms with Gasteiger partial charge in [-0.1, -0.05) is 12.1 Å². The van der Waals surface area contributed by atoms with E-state index in [1.165, 1.54) is 0 Å². The van der Waals surface area contributed by atoms with E-state index in [0.717, 1.165) is 16.3 Å². The summed E-state index contributed by atoms with van der Waals surface area (Å²) >= 11 is 1.57. The molecule has 6 heteroatoms. The van der Waals surface area contributed by atoms with Crippen LogP contribution in [0.4, 0.5) is 0 Å². The Kier molecular flexibility index (Phi) is 4.43. The van der Waals surface area contributed by atoms with Crippen LogP contribution in [0.2, 0.25) is 0 Å². The minimum absolute atomic E-state index is 0.00282. The molecule has 1 fully saturated rings. The van der Waals surface area contributed by atoms with Crippen molar-refractivity contribution in [1.29, 1.82) is 0 Å². The fourth-order valence-electron chi connectivity index (χ4n) is 2.82. The van der Waals surface area contributed by atoms with Gasteiger partial charge in [-0.3, -0.25) is 9.59 Å². The van der Waals surface area contributed by atoms with Crippen LogP contribution in [0.3, 0.4) is 0 Å². The standard InChI is InChI=1S/C17H19N3O2S/c1-11-10-23-16(19-11)13-3-2-4-14(9-13)17(22)20-7-5-12(6-8-20)15(18)21/h2-4,9-10,12H,5-8H2,1H3,(H2,18,21). The van der Waals surface area contributed by atoms with Gasteiger partial charge in [-0.2, -0.15) is 0 Å². The number of carbonyl (C=O) groups is 2. The van der Waals surface area contributed by atoms with Crippen LogP contribution in [0.1, 0.15) is 28.9 Å². The number of amides is 2. The number of nitrogens with two attached hydrogens (primary N) is 1. The lowest BCUT2D eigenvalue weighted by Gasteiger charge is -2.30. The maximum Gasteiger partial charge on any atom is 0.253 e. The van der Waals surface area contributed by atoms with Crippen molar-refractivity contribution in [2.45, 2.75) is 19.8 Å². The normalized spacial score (nSPS) is 15.6. The molecule has 2 amide bonds. The van der Waals surface area contributed by atoms with Gasteiger partial charge in [0, 0.05) is 41.2 Å². The molecule has 0 spiro atoms. The molecule has 1 aromatic heterocycles. The minimum Gasteiger partial charge on any atom is -0.369 e. The van der Waals surface area contributed by atoms with E-state index >= 15 is 0 Å². The Morgan fingerprint density at radius 1 is 1.30 bits per heavy atom. The first-order chi connectivity index (χ1) is 11.0. The van der Waals surface area contributed by atoms with Gasteiger partial charge in [0.15, 0.2) is 0 Å². The van der Waals surface area contributed by atoms with Gasteiger partial charge in [0.1, 0.15) is 5.01 Å². The summed E-state index contributed by atoms with van der Waals surface area (Å²) in [6, 6.07) is 7.57. The molecule has 1 saturated heterocycles. The number of nitrogens with zero attached hydrogens (tertiary/aromatic N) is 2. The van der Waals surface area contributed by atoms with Gasteiger partial charge in [0.2, 0.25) is 5.91 Å². The molecule has 120 valence electrons. The molecule has 0 saturated carbocycles. The molecule has 0 aliphatic carbocycles. The number of aromatic nitrogens is 1. The predicted octanol–water partition coefficient (Wildman–Crippen LogP) is 2.46. The first kappa shape index (κ1) is 15.7. The zero-order chi connectivity index (χ0) is 16.4. The van der Waals surface area contributed by atoms with Crippen molar-refractivity contribution in [2.24, 2.45) is 11.7 Å². The lowest BCUT2D eigenvalue weighted by molar-refractivity contribution is -0.123. The van der Waals surface area contributed by atoms with Gasteiger partial charge in [0.05, 0.1) is 0 Å². The molecule has 0 atom stereocenters. The molecule has 2 N–H and O–H groups in total. The van der Waals surface area contributed by atoms with Gasteiger partial charge >= 0.3 is 0 Å². The van der Waals surface area contributed by atoms with Crippen LogP contribution in [0.5, 0.6) is 0 Å². The monoisotopic (exact) mass is 329 g/mol. The average molecular weight is 329 g/mol. The van der Waals surface area contributed by atoms with Crippen molar-refractivity contribution in [3.8, 4) is 10.6 Å². The highest BCUT2D eigenvalue weighted by molar-refractivity contribution is 7.13. The number of benzene rings is 1. The Bertz CT molecular complexity index is 733. The number of piperidine rings is 1. The molecule has 1 aliphatic heterocycles. The lowest BCUT2D eigenvalue weighted by Crippen LogP contribution is -2.41. The molecule has 0 bridgehead atoms. The van der Waals surface area contributed by atoms with E-state index in [4.69, 9.17) is 5.73 Å². The molecular weight excluding hydrogens is 310 g/mol. The molecule has 1 aliphatic rings. The van der Waals surface area contributed by atoms with Crippen molar-refractivity contribution in [3.05, 3.63) is 40.9 Å². The molecule has 0 radical (unpaired) electrons. The topological polar surface area (TPSA) is 76.3 Å². The largest absolute Gasteiger partial charge is 0.369 e. The van der Waals surface area contributed by atoms with Crippen molar-refractivity contribution in [3.63, 3.8) is 0 Å². The van der Waals surface area contributed by atoms with Gasteiger partial charge in [-0.15, -0.1) is 11.3 Å². The fraction of sp³-hybridized carbons (Fsp3) is 0.353. The van der Waals surface area contributed by atoms with E-state index in [1.54, 1.807) is 16.2 Å². The van der Waals surface area contributed by atoms with E-state index in [9.17, 15) is 9.59 Å². The summed E-state index contributed by atoms with van der Waals surface area (Å²) in [6.07, 6.45) is 1.29. The Labute approximate surface area is 139 Å². The van der Waals surface area contributed by atoms with Crippen LogP contribution < -0.4 is 5.73 Å². The first-order valence-electron chi connectivity index (χ1n) is 7.66. The van der Waals surface area contributed by atoms with Crippen molar-refractivity contribution < 1.29 is 9.59 Å².